The summed E-state index contributed by atoms with van der Waals surface area (Å²) in [6, 6.07) is 16.1. The van der Waals surface area contributed by atoms with Crippen LogP contribution in [0.15, 0.2) is 83.3 Å². The SMILES string of the molecule is CS(=O)(=O)c1cccc(C(=O)Nc2ccc(NC(=O)c3sccc3-n3cccc3)cc2Cl)c1. The van der Waals surface area contributed by atoms with Gasteiger partial charge in [-0.25, -0.2) is 8.42 Å². The Morgan fingerprint density at radius 3 is 2.39 bits per heavy atom. The fourth-order valence-electron chi connectivity index (χ4n) is 3.12. The molecule has 0 saturated carbocycles. The van der Waals surface area contributed by atoms with E-state index < -0.39 is 15.7 Å². The van der Waals surface area contributed by atoms with Gasteiger partial charge in [-0.2, -0.15) is 0 Å². The van der Waals surface area contributed by atoms with Crippen LogP contribution < -0.4 is 10.6 Å². The van der Waals surface area contributed by atoms with Crippen LogP contribution in [0.25, 0.3) is 5.69 Å². The van der Waals surface area contributed by atoms with Gasteiger partial charge in [0.2, 0.25) is 0 Å². The third-order valence-electron chi connectivity index (χ3n) is 4.73. The molecule has 2 amide bonds. The van der Waals surface area contributed by atoms with Gasteiger partial charge in [0.05, 0.1) is 21.3 Å². The standard InChI is InChI=1S/C23H18ClN3O4S2/c1-33(30,31)17-6-4-5-15(13-17)22(28)26-19-8-7-16(14-18(19)24)25-23(29)21-20(9-12-32-21)27-10-2-3-11-27/h2-14H,1H3,(H,25,29)(H,26,28). The molecule has 2 aromatic heterocycles. The Bertz CT molecular complexity index is 1440. The highest BCUT2D eigenvalue weighted by Crippen LogP contribution is 2.28. The molecule has 0 fully saturated rings. The Kier molecular flexibility index (Phi) is 6.37. The molecule has 4 aromatic rings. The van der Waals surface area contributed by atoms with Crippen molar-refractivity contribution < 1.29 is 18.0 Å². The first kappa shape index (κ1) is 22.8. The summed E-state index contributed by atoms with van der Waals surface area (Å²) in [6.45, 7) is 0. The molecule has 0 aliphatic carbocycles. The Morgan fingerprint density at radius 1 is 0.939 bits per heavy atom. The Balaban J connectivity index is 1.48. The first-order valence-corrected chi connectivity index (χ1v) is 12.8. The molecular formula is C23H18ClN3O4S2. The maximum absolute atomic E-state index is 12.8. The van der Waals surface area contributed by atoms with E-state index in [4.69, 9.17) is 11.6 Å². The molecule has 0 aliphatic heterocycles. The van der Waals surface area contributed by atoms with Gasteiger partial charge in [0.15, 0.2) is 9.84 Å². The number of benzene rings is 2. The number of rotatable bonds is 6. The summed E-state index contributed by atoms with van der Waals surface area (Å²) in [5.74, 6) is -0.784. The number of amides is 2. The van der Waals surface area contributed by atoms with E-state index in [9.17, 15) is 18.0 Å². The van der Waals surface area contributed by atoms with E-state index in [2.05, 4.69) is 10.6 Å². The van der Waals surface area contributed by atoms with Crippen molar-refractivity contribution in [1.29, 1.82) is 0 Å². The van der Waals surface area contributed by atoms with Gasteiger partial charge in [-0.1, -0.05) is 17.7 Å². The van der Waals surface area contributed by atoms with E-state index in [0.29, 0.717) is 16.3 Å². The van der Waals surface area contributed by atoms with Gasteiger partial charge >= 0.3 is 0 Å². The van der Waals surface area contributed by atoms with Gasteiger partial charge in [0, 0.05) is 29.9 Å². The lowest BCUT2D eigenvalue weighted by Crippen LogP contribution is -2.14. The molecule has 0 atom stereocenters. The minimum absolute atomic E-state index is 0.0483. The minimum Gasteiger partial charge on any atom is -0.322 e. The summed E-state index contributed by atoms with van der Waals surface area (Å²) >= 11 is 7.65. The van der Waals surface area contributed by atoms with Crippen LogP contribution in [-0.2, 0) is 9.84 Å². The first-order chi connectivity index (χ1) is 15.7. The Morgan fingerprint density at radius 2 is 1.70 bits per heavy atom. The topological polar surface area (TPSA) is 97.3 Å². The molecule has 168 valence electrons. The van der Waals surface area contributed by atoms with Gasteiger partial charge in [0.25, 0.3) is 11.8 Å². The Hall–Kier alpha value is -3.40. The van der Waals surface area contributed by atoms with Crippen LogP contribution in [0, 0.1) is 0 Å². The number of thiophene rings is 1. The number of hydrogen-bond donors (Lipinski definition) is 2. The van der Waals surface area contributed by atoms with Crippen LogP contribution in [-0.4, -0.2) is 31.1 Å². The predicted molar refractivity (Wildman–Crippen MR) is 131 cm³/mol. The van der Waals surface area contributed by atoms with Crippen LogP contribution in [0.3, 0.4) is 0 Å². The molecule has 2 N–H and O–H groups in total. The number of nitrogens with one attached hydrogen (secondary N) is 2. The van der Waals surface area contributed by atoms with E-state index in [-0.39, 0.29) is 21.4 Å². The van der Waals surface area contributed by atoms with Gasteiger partial charge in [0.1, 0.15) is 4.88 Å². The van der Waals surface area contributed by atoms with Crippen molar-refractivity contribution in [3.05, 3.63) is 93.9 Å². The normalized spacial score (nSPS) is 11.2. The summed E-state index contributed by atoms with van der Waals surface area (Å²) in [7, 11) is -3.44. The van der Waals surface area contributed by atoms with E-state index in [1.807, 2.05) is 40.5 Å². The number of sulfone groups is 1. The summed E-state index contributed by atoms with van der Waals surface area (Å²) in [4.78, 5) is 26.0. The van der Waals surface area contributed by atoms with Crippen molar-refractivity contribution in [1.82, 2.24) is 4.57 Å². The predicted octanol–water partition coefficient (Wildman–Crippen LogP) is 5.10. The zero-order chi connectivity index (χ0) is 23.6. The van der Waals surface area contributed by atoms with Crippen LogP contribution in [0.5, 0.6) is 0 Å². The summed E-state index contributed by atoms with van der Waals surface area (Å²) < 4.78 is 25.3. The highest BCUT2D eigenvalue weighted by atomic mass is 35.5. The average Bonchev–Trinajstić information content (AvgIpc) is 3.47. The zero-order valence-electron chi connectivity index (χ0n) is 17.3. The lowest BCUT2D eigenvalue weighted by atomic mass is 10.2. The average molecular weight is 500 g/mol. The molecule has 4 rings (SSSR count). The van der Waals surface area contributed by atoms with Crippen molar-refractivity contribution in [2.75, 3.05) is 16.9 Å². The summed E-state index contributed by atoms with van der Waals surface area (Å²) in [6.07, 6.45) is 4.79. The van der Waals surface area contributed by atoms with Crippen LogP contribution in [0.4, 0.5) is 11.4 Å². The van der Waals surface area contributed by atoms with E-state index in [0.717, 1.165) is 11.9 Å². The summed E-state index contributed by atoms with van der Waals surface area (Å²) in [5, 5.41) is 7.54. The van der Waals surface area contributed by atoms with Crippen molar-refractivity contribution in [3.63, 3.8) is 0 Å². The highest BCUT2D eigenvalue weighted by molar-refractivity contribution is 7.90. The number of carbonyl (C=O) groups is 2. The lowest BCUT2D eigenvalue weighted by molar-refractivity contribution is 0.102. The van der Waals surface area contributed by atoms with E-state index in [1.165, 1.54) is 41.7 Å². The molecule has 0 aliphatic rings. The van der Waals surface area contributed by atoms with Crippen molar-refractivity contribution in [2.45, 2.75) is 4.90 Å². The largest absolute Gasteiger partial charge is 0.322 e. The third-order valence-corrected chi connectivity index (χ3v) is 7.06. The number of anilines is 2. The Labute approximate surface area is 199 Å². The molecule has 0 unspecified atom stereocenters. The van der Waals surface area contributed by atoms with Crippen molar-refractivity contribution in [3.8, 4) is 5.69 Å². The zero-order valence-corrected chi connectivity index (χ0v) is 19.7. The second-order valence-corrected chi connectivity index (χ2v) is 10.5. The first-order valence-electron chi connectivity index (χ1n) is 9.65. The number of halogens is 1. The highest BCUT2D eigenvalue weighted by Gasteiger charge is 2.16. The number of carbonyl (C=O) groups excluding carboxylic acids is 2. The molecule has 0 saturated heterocycles. The number of hydrogen-bond acceptors (Lipinski definition) is 5. The van der Waals surface area contributed by atoms with Crippen molar-refractivity contribution >= 4 is 56.0 Å². The smallest absolute Gasteiger partial charge is 0.267 e. The fraction of sp³-hybridized carbons (Fsp3) is 0.0435. The number of nitrogens with zero attached hydrogens (tertiary/aromatic N) is 1. The van der Waals surface area contributed by atoms with Crippen LogP contribution >= 0.6 is 22.9 Å². The van der Waals surface area contributed by atoms with Crippen LogP contribution in [0.2, 0.25) is 5.02 Å². The molecule has 33 heavy (non-hydrogen) atoms. The molecule has 10 heteroatoms. The quantitative estimate of drug-likeness (QED) is 0.385. The number of aromatic nitrogens is 1. The maximum Gasteiger partial charge on any atom is 0.267 e. The lowest BCUT2D eigenvalue weighted by Gasteiger charge is -2.11. The van der Waals surface area contributed by atoms with Crippen LogP contribution in [0.1, 0.15) is 20.0 Å². The van der Waals surface area contributed by atoms with E-state index >= 15 is 0 Å². The second kappa shape index (κ2) is 9.22. The molecule has 0 bridgehead atoms. The molecule has 7 nitrogen and oxygen atoms in total. The molecule has 2 heterocycles. The van der Waals surface area contributed by atoms with E-state index in [1.54, 1.807) is 12.1 Å². The summed E-state index contributed by atoms with van der Waals surface area (Å²) in [5.41, 5.74) is 1.75. The monoisotopic (exact) mass is 499 g/mol. The van der Waals surface area contributed by atoms with Crippen molar-refractivity contribution in [2.24, 2.45) is 0 Å². The molecule has 0 radical (unpaired) electrons. The maximum atomic E-state index is 12.8. The minimum atomic E-state index is -3.44. The fourth-order valence-corrected chi connectivity index (χ4v) is 4.80. The third kappa shape index (κ3) is 5.16. The van der Waals surface area contributed by atoms with Gasteiger partial charge in [-0.05, 0) is 60.0 Å². The molecule has 0 spiro atoms. The van der Waals surface area contributed by atoms with Gasteiger partial charge in [-0.3, -0.25) is 9.59 Å². The molecule has 2 aromatic carbocycles. The van der Waals surface area contributed by atoms with Gasteiger partial charge < -0.3 is 15.2 Å². The second-order valence-electron chi connectivity index (χ2n) is 7.13. The molecular weight excluding hydrogens is 482 g/mol. The van der Waals surface area contributed by atoms with Gasteiger partial charge in [-0.15, -0.1) is 11.3 Å².